The minimum Gasteiger partial charge on any atom is -0.785 e. The van der Waals surface area contributed by atoms with E-state index < -0.39 is 0 Å². The number of allylic oxidation sites excluding steroid dienone is 4. The van der Waals surface area contributed by atoms with Gasteiger partial charge in [-0.05, 0) is 32.7 Å². The number of aromatic nitrogens is 1. The average Bonchev–Trinajstić information content (AvgIpc) is 3.09. The molecular weight excluding hydrogens is 310 g/mol. The molecule has 1 aliphatic carbocycles. The van der Waals surface area contributed by atoms with Crippen molar-refractivity contribution in [2.24, 2.45) is 0 Å². The quantitative estimate of drug-likeness (QED) is 0.836. The zero-order valence-corrected chi connectivity index (χ0v) is 14.0. The predicted molar refractivity (Wildman–Crippen MR) is 90.4 cm³/mol. The third-order valence-corrected chi connectivity index (χ3v) is 6.21. The molecule has 4 rings (SSSR count). The summed E-state index contributed by atoms with van der Waals surface area (Å²) in [5.74, 6) is 0.256. The second kappa shape index (κ2) is 5.54. The van der Waals surface area contributed by atoms with Gasteiger partial charge in [0.1, 0.15) is 10.7 Å². The van der Waals surface area contributed by atoms with Gasteiger partial charge >= 0.3 is 0 Å². The maximum absolute atomic E-state index is 12.7. The van der Waals surface area contributed by atoms with Gasteiger partial charge in [-0.15, -0.1) is 11.3 Å². The standard InChI is InChI=1S/C17H20N3O2S/c1-12-14(18-15(23-12)13-6-3-2-4-7-13)16(21)19-10-17(11-19)8-5-9-20(17)22/h2-4,6,13H,5,7-11H2,1H3/q-1. The van der Waals surface area contributed by atoms with Crippen LogP contribution in [0.3, 0.4) is 0 Å². The molecule has 0 aromatic carbocycles. The zero-order chi connectivity index (χ0) is 16.0. The molecular formula is C17H20N3O2S-. The van der Waals surface area contributed by atoms with Crippen LogP contribution in [0.1, 0.15) is 45.6 Å². The minimum absolute atomic E-state index is 0.0220. The number of rotatable bonds is 2. The summed E-state index contributed by atoms with van der Waals surface area (Å²) in [7, 11) is 0. The van der Waals surface area contributed by atoms with Crippen LogP contribution < -0.4 is 0 Å². The van der Waals surface area contributed by atoms with Crippen LogP contribution in [0.5, 0.6) is 0 Å². The molecule has 0 radical (unpaired) electrons. The first kappa shape index (κ1) is 15.1. The first-order valence-corrected chi connectivity index (χ1v) is 8.95. The lowest BCUT2D eigenvalue weighted by molar-refractivity contribution is 0.000221. The van der Waals surface area contributed by atoms with Crippen molar-refractivity contribution in [2.75, 3.05) is 19.6 Å². The number of hydrogen-bond donors (Lipinski definition) is 0. The van der Waals surface area contributed by atoms with E-state index in [9.17, 15) is 10.0 Å². The van der Waals surface area contributed by atoms with Gasteiger partial charge in [-0.25, -0.2) is 4.98 Å². The predicted octanol–water partition coefficient (Wildman–Crippen LogP) is 2.84. The summed E-state index contributed by atoms with van der Waals surface area (Å²) >= 11 is 1.61. The fourth-order valence-corrected chi connectivity index (χ4v) is 4.73. The fraction of sp³-hybridized carbons (Fsp3) is 0.529. The summed E-state index contributed by atoms with van der Waals surface area (Å²) in [4.78, 5) is 20.1. The van der Waals surface area contributed by atoms with Crippen molar-refractivity contribution in [3.05, 3.63) is 45.1 Å². The average molecular weight is 330 g/mol. The lowest BCUT2D eigenvalue weighted by atomic mass is 9.87. The number of carbonyl (C=O) groups excluding carboxylic acids is 1. The molecule has 2 saturated heterocycles. The maximum Gasteiger partial charge on any atom is 0.273 e. The highest BCUT2D eigenvalue weighted by Gasteiger charge is 2.48. The van der Waals surface area contributed by atoms with E-state index in [1.54, 1.807) is 16.2 Å². The monoisotopic (exact) mass is 330 g/mol. The molecule has 0 N–H and O–H groups in total. The van der Waals surface area contributed by atoms with Crippen LogP contribution in [0.4, 0.5) is 0 Å². The molecule has 1 spiro atoms. The number of amides is 1. The minimum atomic E-state index is -0.306. The first-order chi connectivity index (χ1) is 11.1. The van der Waals surface area contributed by atoms with Crippen LogP contribution >= 0.6 is 11.3 Å². The van der Waals surface area contributed by atoms with E-state index in [0.717, 1.165) is 29.1 Å². The number of hydroxylamine groups is 2. The Morgan fingerprint density at radius 2 is 2.26 bits per heavy atom. The molecule has 3 aliphatic rings. The molecule has 2 aliphatic heterocycles. The van der Waals surface area contributed by atoms with Crippen LogP contribution in [0.15, 0.2) is 24.3 Å². The lowest BCUT2D eigenvalue weighted by Crippen LogP contribution is -2.67. The Morgan fingerprint density at radius 1 is 1.43 bits per heavy atom. The number of hydrogen-bond acceptors (Lipinski definition) is 5. The summed E-state index contributed by atoms with van der Waals surface area (Å²) in [5, 5.41) is 14.1. The Hall–Kier alpha value is -1.50. The molecule has 1 aromatic rings. The Labute approximate surface area is 139 Å². The summed E-state index contributed by atoms with van der Waals surface area (Å²) in [6.07, 6.45) is 11.1. The second-order valence-corrected chi connectivity index (χ2v) is 7.94. The summed E-state index contributed by atoms with van der Waals surface area (Å²) in [5.41, 5.74) is 0.262. The lowest BCUT2D eigenvalue weighted by Gasteiger charge is -2.55. The number of likely N-dealkylation sites (tertiary alicyclic amines) is 1. The van der Waals surface area contributed by atoms with Crippen LogP contribution in [0.2, 0.25) is 0 Å². The smallest absolute Gasteiger partial charge is 0.273 e. The van der Waals surface area contributed by atoms with Gasteiger partial charge in [0.05, 0.1) is 0 Å². The SMILES string of the molecule is Cc1sc(C2C=CC=CC2)nc1C(=O)N1CC2(CCCN2[O-])C1. The van der Waals surface area contributed by atoms with Gasteiger partial charge in [-0.2, -0.15) is 0 Å². The Kier molecular flexibility index (Phi) is 3.63. The van der Waals surface area contributed by atoms with Gasteiger partial charge in [-0.1, -0.05) is 24.3 Å². The molecule has 122 valence electrons. The number of nitrogens with zero attached hydrogens (tertiary/aromatic N) is 3. The van der Waals surface area contributed by atoms with E-state index in [1.807, 2.05) is 19.1 Å². The van der Waals surface area contributed by atoms with Gasteiger partial charge in [0.25, 0.3) is 5.91 Å². The Morgan fingerprint density at radius 3 is 2.91 bits per heavy atom. The Balaban J connectivity index is 1.48. The fourth-order valence-electron chi connectivity index (χ4n) is 3.72. The highest BCUT2D eigenvalue weighted by molar-refractivity contribution is 7.12. The summed E-state index contributed by atoms with van der Waals surface area (Å²) in [6, 6.07) is 0. The number of carbonyl (C=O) groups is 1. The van der Waals surface area contributed by atoms with E-state index >= 15 is 0 Å². The summed E-state index contributed by atoms with van der Waals surface area (Å²) in [6.45, 7) is 3.66. The molecule has 0 saturated carbocycles. The molecule has 5 nitrogen and oxygen atoms in total. The van der Waals surface area contributed by atoms with E-state index in [-0.39, 0.29) is 17.4 Å². The van der Waals surface area contributed by atoms with Gasteiger partial charge in [0.2, 0.25) is 0 Å². The topological polar surface area (TPSA) is 59.5 Å². The molecule has 3 heterocycles. The molecule has 1 unspecified atom stereocenters. The molecule has 23 heavy (non-hydrogen) atoms. The van der Waals surface area contributed by atoms with Gasteiger partial charge in [0, 0.05) is 29.4 Å². The third-order valence-electron chi connectivity index (χ3n) is 5.10. The third kappa shape index (κ3) is 2.45. The molecule has 1 aromatic heterocycles. The van der Waals surface area contributed by atoms with E-state index in [4.69, 9.17) is 0 Å². The van der Waals surface area contributed by atoms with Gasteiger partial charge < -0.3 is 15.2 Å². The van der Waals surface area contributed by atoms with Crippen LogP contribution in [0.25, 0.3) is 0 Å². The molecule has 2 fully saturated rings. The highest BCUT2D eigenvalue weighted by Crippen LogP contribution is 2.38. The van der Waals surface area contributed by atoms with E-state index in [0.29, 0.717) is 25.3 Å². The van der Waals surface area contributed by atoms with Crippen LogP contribution in [-0.2, 0) is 0 Å². The maximum atomic E-state index is 12.7. The molecule has 0 bridgehead atoms. The van der Waals surface area contributed by atoms with Crippen molar-refractivity contribution in [3.8, 4) is 0 Å². The van der Waals surface area contributed by atoms with Crippen molar-refractivity contribution in [1.29, 1.82) is 0 Å². The zero-order valence-electron chi connectivity index (χ0n) is 13.2. The van der Waals surface area contributed by atoms with E-state index in [1.165, 1.54) is 5.06 Å². The first-order valence-electron chi connectivity index (χ1n) is 8.14. The van der Waals surface area contributed by atoms with Crippen molar-refractivity contribution in [1.82, 2.24) is 14.9 Å². The van der Waals surface area contributed by atoms with E-state index in [2.05, 4.69) is 17.1 Å². The molecule has 6 heteroatoms. The molecule has 1 amide bonds. The number of thiazole rings is 1. The molecule has 1 atom stereocenters. The largest absolute Gasteiger partial charge is 0.785 e. The van der Waals surface area contributed by atoms with Crippen molar-refractivity contribution < 1.29 is 4.79 Å². The van der Waals surface area contributed by atoms with Gasteiger partial charge in [0.15, 0.2) is 0 Å². The van der Waals surface area contributed by atoms with Crippen molar-refractivity contribution in [2.45, 2.75) is 37.6 Å². The van der Waals surface area contributed by atoms with Crippen molar-refractivity contribution >= 4 is 17.2 Å². The summed E-state index contributed by atoms with van der Waals surface area (Å²) < 4.78 is 0. The van der Waals surface area contributed by atoms with Gasteiger partial charge in [-0.3, -0.25) is 4.79 Å². The Bertz CT molecular complexity index is 688. The number of aryl methyl sites for hydroxylation is 1. The second-order valence-electron chi connectivity index (χ2n) is 6.70. The van der Waals surface area contributed by atoms with Crippen LogP contribution in [0, 0.1) is 12.1 Å². The normalized spacial score (nSPS) is 26.0. The van der Waals surface area contributed by atoms with Crippen molar-refractivity contribution in [3.63, 3.8) is 0 Å². The highest BCUT2D eigenvalue weighted by atomic mass is 32.1. The van der Waals surface area contributed by atoms with Crippen LogP contribution in [-0.4, -0.2) is 46.0 Å².